The first-order valence-electron chi connectivity index (χ1n) is 6.02. The molecule has 0 radical (unpaired) electrons. The summed E-state index contributed by atoms with van der Waals surface area (Å²) in [4.78, 5) is 13.7. The molecule has 1 aromatic carbocycles. The molecule has 0 spiro atoms. The van der Waals surface area contributed by atoms with Crippen molar-refractivity contribution in [3.63, 3.8) is 0 Å². The minimum Gasteiger partial charge on any atom is -0.400 e. The average molecular weight is 337 g/mol. The van der Waals surface area contributed by atoms with Crippen LogP contribution in [0.4, 0.5) is 11.6 Å². The van der Waals surface area contributed by atoms with E-state index in [2.05, 4.69) is 9.39 Å². The zero-order valence-electron chi connectivity index (χ0n) is 11.5. The third-order valence-corrected chi connectivity index (χ3v) is 3.81. The summed E-state index contributed by atoms with van der Waals surface area (Å²) in [6.07, 6.45) is 1.27. The smallest absolute Gasteiger partial charge is 0.400 e. The number of furan rings is 1. The van der Waals surface area contributed by atoms with Crippen molar-refractivity contribution >= 4 is 33.8 Å². The summed E-state index contributed by atoms with van der Waals surface area (Å²) >= 11 is 0. The van der Waals surface area contributed by atoms with Crippen LogP contribution < -0.4 is 11.5 Å². The monoisotopic (exact) mass is 337 g/mol. The van der Waals surface area contributed by atoms with Crippen LogP contribution in [0.25, 0.3) is 0 Å². The first-order chi connectivity index (χ1) is 10.8. The molecular formula is C12H11N5O5S. The van der Waals surface area contributed by atoms with Gasteiger partial charge in [0.1, 0.15) is 4.92 Å². The van der Waals surface area contributed by atoms with Crippen LogP contribution in [0.3, 0.4) is 0 Å². The number of hydrogen-bond donors (Lipinski definition) is 2. The van der Waals surface area contributed by atoms with E-state index in [9.17, 15) is 18.5 Å². The van der Waals surface area contributed by atoms with Gasteiger partial charge in [0.05, 0.1) is 22.9 Å². The van der Waals surface area contributed by atoms with Crippen molar-refractivity contribution in [2.45, 2.75) is 4.90 Å². The molecule has 1 aromatic heterocycles. The van der Waals surface area contributed by atoms with Gasteiger partial charge in [0.15, 0.2) is 5.76 Å². The van der Waals surface area contributed by atoms with E-state index in [0.717, 1.165) is 0 Å². The molecule has 1 heterocycles. The second-order valence-electron chi connectivity index (χ2n) is 4.18. The van der Waals surface area contributed by atoms with E-state index in [1.54, 1.807) is 0 Å². The highest BCUT2D eigenvalue weighted by Gasteiger charge is 2.13. The predicted octanol–water partition coefficient (Wildman–Crippen LogP) is 0.901. The van der Waals surface area contributed by atoms with Crippen molar-refractivity contribution in [1.29, 1.82) is 0 Å². The van der Waals surface area contributed by atoms with Gasteiger partial charge in [-0.15, -0.1) is 4.40 Å². The molecule has 0 fully saturated rings. The zero-order chi connectivity index (χ0) is 17.0. The Kier molecular flexibility index (Phi) is 4.41. The fourth-order valence-electron chi connectivity index (χ4n) is 1.54. The Balaban J connectivity index is 2.18. The van der Waals surface area contributed by atoms with E-state index in [1.165, 1.54) is 42.6 Å². The highest BCUT2D eigenvalue weighted by atomic mass is 32.2. The lowest BCUT2D eigenvalue weighted by molar-refractivity contribution is -0.402. The van der Waals surface area contributed by atoms with Gasteiger partial charge in [0.2, 0.25) is 5.96 Å². The molecule has 0 atom stereocenters. The Morgan fingerprint density at radius 3 is 2.35 bits per heavy atom. The van der Waals surface area contributed by atoms with Gasteiger partial charge in [0.25, 0.3) is 10.0 Å². The molecule has 10 nitrogen and oxygen atoms in total. The summed E-state index contributed by atoms with van der Waals surface area (Å²) in [5, 5.41) is 10.5. The Hall–Kier alpha value is -3.21. The van der Waals surface area contributed by atoms with Crippen LogP contribution in [0.15, 0.2) is 55.1 Å². The number of nitro groups is 1. The Bertz CT molecular complexity index is 879. The number of nitrogens with zero attached hydrogens (tertiary/aromatic N) is 3. The third-order valence-electron chi connectivity index (χ3n) is 2.49. The second-order valence-corrected chi connectivity index (χ2v) is 5.78. The van der Waals surface area contributed by atoms with E-state index in [-0.39, 0.29) is 10.7 Å². The number of nitrogens with two attached hydrogens (primary N) is 2. The number of aliphatic imine (C=N–C) groups is 1. The van der Waals surface area contributed by atoms with E-state index in [0.29, 0.717) is 5.69 Å². The molecule has 120 valence electrons. The van der Waals surface area contributed by atoms with E-state index >= 15 is 0 Å². The van der Waals surface area contributed by atoms with Gasteiger partial charge in [-0.05, 0) is 30.3 Å². The van der Waals surface area contributed by atoms with Gasteiger partial charge in [-0.1, -0.05) is 0 Å². The maximum Gasteiger partial charge on any atom is 0.433 e. The molecule has 0 aliphatic carbocycles. The third kappa shape index (κ3) is 4.14. The van der Waals surface area contributed by atoms with Crippen LogP contribution in [0.5, 0.6) is 0 Å². The van der Waals surface area contributed by atoms with E-state index in [4.69, 9.17) is 15.9 Å². The quantitative estimate of drug-likeness (QED) is 0.353. The number of sulfonamides is 1. The van der Waals surface area contributed by atoms with Gasteiger partial charge >= 0.3 is 5.88 Å². The Morgan fingerprint density at radius 2 is 1.83 bits per heavy atom. The molecule has 0 saturated carbocycles. The summed E-state index contributed by atoms with van der Waals surface area (Å²) in [6, 6.07) is 7.98. The molecule has 0 amide bonds. The number of benzene rings is 1. The fraction of sp³-hybridized carbons (Fsp3) is 0. The van der Waals surface area contributed by atoms with Crippen molar-refractivity contribution in [2.75, 3.05) is 0 Å². The summed E-state index contributed by atoms with van der Waals surface area (Å²) in [5.41, 5.74) is 10.5. The summed E-state index contributed by atoms with van der Waals surface area (Å²) < 4.78 is 31.5. The molecule has 0 saturated heterocycles. The van der Waals surface area contributed by atoms with Gasteiger partial charge in [0, 0.05) is 0 Å². The van der Waals surface area contributed by atoms with E-state index < -0.39 is 26.8 Å². The molecule has 0 aliphatic heterocycles. The molecule has 0 bridgehead atoms. The first-order valence-corrected chi connectivity index (χ1v) is 7.46. The fourth-order valence-corrected chi connectivity index (χ4v) is 2.41. The molecular weight excluding hydrogens is 326 g/mol. The van der Waals surface area contributed by atoms with Crippen LogP contribution in [-0.2, 0) is 10.0 Å². The average Bonchev–Trinajstić information content (AvgIpc) is 2.93. The van der Waals surface area contributed by atoms with Crippen LogP contribution in [0.2, 0.25) is 0 Å². The van der Waals surface area contributed by atoms with Crippen LogP contribution in [0.1, 0.15) is 5.76 Å². The van der Waals surface area contributed by atoms with Crippen molar-refractivity contribution in [2.24, 2.45) is 20.9 Å². The summed E-state index contributed by atoms with van der Waals surface area (Å²) in [6.45, 7) is 0. The molecule has 0 aliphatic rings. The van der Waals surface area contributed by atoms with Crippen molar-refractivity contribution in [3.05, 3.63) is 52.3 Å². The topological polar surface area (TPSA) is 167 Å². The van der Waals surface area contributed by atoms with Crippen molar-refractivity contribution < 1.29 is 17.8 Å². The minimum absolute atomic E-state index is 0.0986. The molecule has 4 N–H and O–H groups in total. The Morgan fingerprint density at radius 1 is 1.17 bits per heavy atom. The lowest BCUT2D eigenvalue weighted by Crippen LogP contribution is -2.24. The lowest BCUT2D eigenvalue weighted by Gasteiger charge is -1.99. The largest absolute Gasteiger partial charge is 0.433 e. The van der Waals surface area contributed by atoms with Crippen LogP contribution in [0, 0.1) is 10.1 Å². The summed E-state index contributed by atoms with van der Waals surface area (Å²) in [5.74, 6) is -0.773. The predicted molar refractivity (Wildman–Crippen MR) is 82.1 cm³/mol. The maximum atomic E-state index is 11.7. The molecule has 0 unspecified atom stereocenters. The zero-order valence-corrected chi connectivity index (χ0v) is 12.3. The maximum absolute atomic E-state index is 11.7. The standard InChI is InChI=1S/C12H11N5O5S/c13-12(14)16-23(20,21)10-4-1-8(2-5-10)15-7-9-3-6-11(22-9)17(18)19/h1-7H,(H4,13,14,16). The molecule has 2 rings (SSSR count). The van der Waals surface area contributed by atoms with Crippen molar-refractivity contribution in [3.8, 4) is 0 Å². The number of guanidine groups is 1. The molecule has 11 heteroatoms. The first kappa shape index (κ1) is 16.2. The van der Waals surface area contributed by atoms with Gasteiger partial charge in [-0.25, -0.2) is 0 Å². The minimum atomic E-state index is -3.96. The highest BCUT2D eigenvalue weighted by molar-refractivity contribution is 7.90. The summed E-state index contributed by atoms with van der Waals surface area (Å²) in [7, 11) is -3.96. The normalized spacial score (nSPS) is 11.5. The molecule has 23 heavy (non-hydrogen) atoms. The SMILES string of the molecule is NC(N)=NS(=O)(=O)c1ccc(N=Cc2ccc([N+](=O)[O-])o2)cc1. The number of hydrogen-bond acceptors (Lipinski definition) is 6. The second kappa shape index (κ2) is 6.27. The lowest BCUT2D eigenvalue weighted by atomic mass is 10.3. The van der Waals surface area contributed by atoms with E-state index in [1.807, 2.05) is 0 Å². The van der Waals surface area contributed by atoms with Crippen LogP contribution >= 0.6 is 0 Å². The van der Waals surface area contributed by atoms with Crippen LogP contribution in [-0.4, -0.2) is 25.5 Å². The van der Waals surface area contributed by atoms with Gasteiger partial charge < -0.3 is 15.9 Å². The Labute approximate surface area is 130 Å². The highest BCUT2D eigenvalue weighted by Crippen LogP contribution is 2.19. The van der Waals surface area contributed by atoms with Crippen molar-refractivity contribution in [1.82, 2.24) is 0 Å². The van der Waals surface area contributed by atoms with Gasteiger partial charge in [-0.3, -0.25) is 15.1 Å². The van der Waals surface area contributed by atoms with Gasteiger partial charge in [-0.2, -0.15) is 8.42 Å². The molecule has 2 aromatic rings. The number of rotatable bonds is 5.